The maximum Gasteiger partial charge on any atom is 0.332 e. The van der Waals surface area contributed by atoms with E-state index in [1.807, 2.05) is 26.8 Å². The molecule has 0 fully saturated rings. The number of fused-ring (bicyclic) bond motifs is 1. The van der Waals surface area contributed by atoms with E-state index in [1.54, 1.807) is 43.5 Å². The molecule has 9 nitrogen and oxygen atoms in total. The standard InChI is InChI=1S/C25H26N4O5S/c1-25(2,3)19-14-17(29-22(30)10-11-26-24(29)31)13-18(23(19)34-4)21-8-6-15-12-16(28-35(5,32)33)7-9-20(15)27-21/h6-14,28H,1-5H3,(H,26,31). The molecule has 10 heteroatoms. The molecule has 0 atom stereocenters. The second-order valence-electron chi connectivity index (χ2n) is 9.26. The van der Waals surface area contributed by atoms with E-state index in [1.165, 1.54) is 12.3 Å². The zero-order valence-corrected chi connectivity index (χ0v) is 20.9. The number of aromatic amines is 1. The maximum atomic E-state index is 12.6. The van der Waals surface area contributed by atoms with E-state index in [9.17, 15) is 18.0 Å². The van der Waals surface area contributed by atoms with Crippen LogP contribution < -0.4 is 20.7 Å². The van der Waals surface area contributed by atoms with Gasteiger partial charge in [-0.3, -0.25) is 9.52 Å². The van der Waals surface area contributed by atoms with E-state index < -0.39 is 21.3 Å². The Morgan fingerprint density at radius 1 is 1.03 bits per heavy atom. The molecule has 0 amide bonds. The van der Waals surface area contributed by atoms with Gasteiger partial charge in [0, 0.05) is 34.5 Å². The summed E-state index contributed by atoms with van der Waals surface area (Å²) in [4.78, 5) is 32.4. The number of pyridine rings is 1. The van der Waals surface area contributed by atoms with Gasteiger partial charge in [-0.15, -0.1) is 0 Å². The molecule has 0 unspecified atom stereocenters. The average molecular weight is 495 g/mol. The smallest absolute Gasteiger partial charge is 0.332 e. The molecule has 2 N–H and O–H groups in total. The number of H-pyrrole nitrogens is 1. The van der Waals surface area contributed by atoms with Gasteiger partial charge in [-0.2, -0.15) is 0 Å². The summed E-state index contributed by atoms with van der Waals surface area (Å²) in [5, 5.41) is 0.740. The van der Waals surface area contributed by atoms with Gasteiger partial charge in [0.05, 0.1) is 30.3 Å². The van der Waals surface area contributed by atoms with Gasteiger partial charge in [-0.1, -0.05) is 26.8 Å². The lowest BCUT2D eigenvalue weighted by molar-refractivity contribution is 0.399. The Bertz CT molecular complexity index is 1640. The second-order valence-corrected chi connectivity index (χ2v) is 11.0. The van der Waals surface area contributed by atoms with Crippen molar-refractivity contribution in [3.05, 3.63) is 81.1 Å². The Labute approximate surface area is 202 Å². The molecule has 0 aliphatic heterocycles. The largest absolute Gasteiger partial charge is 0.496 e. The third-order valence-corrected chi connectivity index (χ3v) is 6.08. The van der Waals surface area contributed by atoms with Crippen molar-refractivity contribution >= 4 is 26.6 Å². The first-order valence-corrected chi connectivity index (χ1v) is 12.7. The summed E-state index contributed by atoms with van der Waals surface area (Å²) >= 11 is 0. The van der Waals surface area contributed by atoms with Gasteiger partial charge in [0.1, 0.15) is 5.75 Å². The molecule has 2 heterocycles. The molecule has 2 aromatic heterocycles. The summed E-state index contributed by atoms with van der Waals surface area (Å²) in [6, 6.07) is 13.5. The van der Waals surface area contributed by atoms with Gasteiger partial charge >= 0.3 is 5.69 Å². The predicted octanol–water partition coefficient (Wildman–Crippen LogP) is 3.42. The quantitative estimate of drug-likeness (QED) is 0.438. The molecule has 0 aliphatic carbocycles. The van der Waals surface area contributed by atoms with Crippen LogP contribution in [0.25, 0.3) is 27.8 Å². The lowest BCUT2D eigenvalue weighted by Gasteiger charge is -2.25. The van der Waals surface area contributed by atoms with Crippen molar-refractivity contribution in [2.75, 3.05) is 18.1 Å². The molecule has 0 saturated heterocycles. The molecule has 4 rings (SSSR count). The maximum absolute atomic E-state index is 12.6. The highest BCUT2D eigenvalue weighted by molar-refractivity contribution is 7.92. The first-order chi connectivity index (χ1) is 16.4. The number of hydrogen-bond donors (Lipinski definition) is 2. The van der Waals surface area contributed by atoms with E-state index in [2.05, 4.69) is 9.71 Å². The lowest BCUT2D eigenvalue weighted by atomic mass is 9.84. The number of methoxy groups -OCH3 is 1. The third-order valence-electron chi connectivity index (χ3n) is 5.47. The van der Waals surface area contributed by atoms with E-state index in [4.69, 9.17) is 9.72 Å². The van der Waals surface area contributed by atoms with Crippen LogP contribution in [0.1, 0.15) is 26.3 Å². The molecule has 0 bridgehead atoms. The number of nitrogens with one attached hydrogen (secondary N) is 2. The van der Waals surface area contributed by atoms with Crippen LogP contribution in [0.3, 0.4) is 0 Å². The highest BCUT2D eigenvalue weighted by Gasteiger charge is 2.25. The first-order valence-electron chi connectivity index (χ1n) is 10.8. The molecule has 4 aromatic rings. The number of benzene rings is 2. The molecule has 0 spiro atoms. The van der Waals surface area contributed by atoms with Crippen molar-refractivity contribution in [1.82, 2.24) is 14.5 Å². The Morgan fingerprint density at radius 2 is 1.77 bits per heavy atom. The summed E-state index contributed by atoms with van der Waals surface area (Å²) < 4.78 is 32.5. The van der Waals surface area contributed by atoms with Crippen molar-refractivity contribution in [2.45, 2.75) is 26.2 Å². The Morgan fingerprint density at radius 3 is 2.40 bits per heavy atom. The van der Waals surface area contributed by atoms with Gasteiger partial charge in [0.25, 0.3) is 5.56 Å². The summed E-state index contributed by atoms with van der Waals surface area (Å²) in [5.41, 5.74) is 2.09. The SMILES string of the molecule is COc1c(-c2ccc3cc(NS(C)(=O)=O)ccc3n2)cc(-n2c(=O)cc[nH]c2=O)cc1C(C)(C)C. The van der Waals surface area contributed by atoms with Gasteiger partial charge in [0.15, 0.2) is 0 Å². The fourth-order valence-corrected chi connectivity index (χ4v) is 4.49. The molecule has 35 heavy (non-hydrogen) atoms. The van der Waals surface area contributed by atoms with E-state index in [-0.39, 0.29) is 5.41 Å². The van der Waals surface area contributed by atoms with Crippen molar-refractivity contribution < 1.29 is 13.2 Å². The Kier molecular flexibility index (Phi) is 6.02. The first kappa shape index (κ1) is 24.2. The zero-order chi connectivity index (χ0) is 25.5. The number of nitrogens with zero attached hydrogens (tertiary/aromatic N) is 2. The number of aromatic nitrogens is 3. The van der Waals surface area contributed by atoms with Crippen molar-refractivity contribution in [3.8, 4) is 22.7 Å². The normalized spacial score (nSPS) is 12.0. The van der Waals surface area contributed by atoms with E-state index >= 15 is 0 Å². The van der Waals surface area contributed by atoms with Gasteiger partial charge in [-0.05, 0) is 41.8 Å². The van der Waals surface area contributed by atoms with Crippen LogP contribution in [-0.4, -0.2) is 36.3 Å². The van der Waals surface area contributed by atoms with Crippen LogP contribution in [0.5, 0.6) is 5.75 Å². The second kappa shape index (κ2) is 8.70. The summed E-state index contributed by atoms with van der Waals surface area (Å²) in [6.07, 6.45) is 2.40. The van der Waals surface area contributed by atoms with Crippen LogP contribution in [0.15, 0.2) is 64.3 Å². The third kappa shape index (κ3) is 4.97. The molecule has 182 valence electrons. The zero-order valence-electron chi connectivity index (χ0n) is 20.0. The fourth-order valence-electron chi connectivity index (χ4n) is 3.93. The predicted molar refractivity (Wildman–Crippen MR) is 137 cm³/mol. The van der Waals surface area contributed by atoms with Crippen molar-refractivity contribution in [3.63, 3.8) is 0 Å². The molecular weight excluding hydrogens is 468 g/mol. The van der Waals surface area contributed by atoms with Crippen LogP contribution in [0.2, 0.25) is 0 Å². The highest BCUT2D eigenvalue weighted by Crippen LogP contribution is 2.40. The minimum atomic E-state index is -3.41. The summed E-state index contributed by atoms with van der Waals surface area (Å²) in [5.74, 6) is 0.587. The Hall–Kier alpha value is -3.92. The monoisotopic (exact) mass is 494 g/mol. The van der Waals surface area contributed by atoms with Gasteiger partial charge < -0.3 is 9.72 Å². The van der Waals surface area contributed by atoms with Crippen LogP contribution >= 0.6 is 0 Å². The van der Waals surface area contributed by atoms with Gasteiger partial charge in [0.2, 0.25) is 10.0 Å². The highest BCUT2D eigenvalue weighted by atomic mass is 32.2. The number of hydrogen-bond acceptors (Lipinski definition) is 6. The van der Waals surface area contributed by atoms with Crippen LogP contribution in [0, 0.1) is 0 Å². The average Bonchev–Trinajstić information content (AvgIpc) is 2.76. The molecule has 0 aliphatic rings. The van der Waals surface area contributed by atoms with Crippen molar-refractivity contribution in [2.24, 2.45) is 0 Å². The molecular formula is C25H26N4O5S. The minimum absolute atomic E-state index is 0.371. The molecule has 2 aromatic carbocycles. The van der Waals surface area contributed by atoms with Crippen molar-refractivity contribution in [1.29, 1.82) is 0 Å². The number of anilines is 1. The van der Waals surface area contributed by atoms with Crippen LogP contribution in [-0.2, 0) is 15.4 Å². The summed E-state index contributed by atoms with van der Waals surface area (Å²) in [7, 11) is -1.84. The minimum Gasteiger partial charge on any atom is -0.496 e. The topological polar surface area (TPSA) is 123 Å². The summed E-state index contributed by atoms with van der Waals surface area (Å²) in [6.45, 7) is 6.04. The number of sulfonamides is 1. The lowest BCUT2D eigenvalue weighted by Crippen LogP contribution is -2.32. The Balaban J connectivity index is 1.97. The van der Waals surface area contributed by atoms with Gasteiger partial charge in [-0.25, -0.2) is 22.8 Å². The number of ether oxygens (including phenoxy) is 1. The van der Waals surface area contributed by atoms with E-state index in [0.29, 0.717) is 33.9 Å². The van der Waals surface area contributed by atoms with E-state index in [0.717, 1.165) is 21.8 Å². The molecule has 0 radical (unpaired) electrons. The van der Waals surface area contributed by atoms with Crippen LogP contribution in [0.4, 0.5) is 5.69 Å². The number of rotatable bonds is 5. The molecule has 0 saturated carbocycles. The fraction of sp³-hybridized carbons (Fsp3) is 0.240.